The van der Waals surface area contributed by atoms with Gasteiger partial charge in [-0.2, -0.15) is 22.8 Å². The van der Waals surface area contributed by atoms with Gasteiger partial charge in [0.2, 0.25) is 5.88 Å². The summed E-state index contributed by atoms with van der Waals surface area (Å²) in [6, 6.07) is 3.18. The third-order valence-corrected chi connectivity index (χ3v) is 3.07. The van der Waals surface area contributed by atoms with Crippen molar-refractivity contribution < 1.29 is 27.0 Å². The summed E-state index contributed by atoms with van der Waals surface area (Å²) in [7, 11) is 1.49. The minimum Gasteiger partial charge on any atom is -0.466 e. The number of allylic oxidation sites excluding steroid dienone is 3. The number of aliphatic imine (C=N–C) groups is 1. The second-order valence-corrected chi connectivity index (χ2v) is 5.08. The van der Waals surface area contributed by atoms with Crippen molar-refractivity contribution in [2.75, 3.05) is 13.7 Å². The molecule has 2 aromatic rings. The fraction of sp³-hybridized carbons (Fsp3) is 0.333. The van der Waals surface area contributed by atoms with Gasteiger partial charge in [0.1, 0.15) is 6.61 Å². The smallest absolute Gasteiger partial charge is 0.422 e. The molecule has 0 amide bonds. The molecule has 140 valence electrons. The number of fused-ring (bicyclic) bond motifs is 1. The van der Waals surface area contributed by atoms with E-state index in [1.807, 2.05) is 0 Å². The van der Waals surface area contributed by atoms with Gasteiger partial charge in [-0.15, -0.1) is 10.2 Å². The van der Waals surface area contributed by atoms with Crippen molar-refractivity contribution >= 4 is 17.9 Å². The van der Waals surface area contributed by atoms with E-state index in [0.29, 0.717) is 22.7 Å². The first-order chi connectivity index (χ1) is 12.2. The largest absolute Gasteiger partial charge is 0.466 e. The van der Waals surface area contributed by atoms with E-state index in [-0.39, 0.29) is 6.61 Å². The zero-order valence-electron chi connectivity index (χ0n) is 13.9. The molecule has 0 aliphatic rings. The van der Waals surface area contributed by atoms with Gasteiger partial charge in [-0.25, -0.2) is 9.38 Å². The van der Waals surface area contributed by atoms with Gasteiger partial charge in [0.15, 0.2) is 23.9 Å². The summed E-state index contributed by atoms with van der Waals surface area (Å²) in [6.45, 7) is 3.03. The maximum absolute atomic E-state index is 14.1. The first-order valence-corrected chi connectivity index (χ1v) is 7.20. The summed E-state index contributed by atoms with van der Waals surface area (Å²) in [5.74, 6) is -1.52. The summed E-state index contributed by atoms with van der Waals surface area (Å²) >= 11 is 0. The number of halogens is 4. The second-order valence-electron chi connectivity index (χ2n) is 5.08. The molecule has 2 aromatic heterocycles. The Morgan fingerprint density at radius 2 is 2.08 bits per heavy atom. The van der Waals surface area contributed by atoms with Gasteiger partial charge < -0.3 is 9.47 Å². The highest BCUT2D eigenvalue weighted by Crippen LogP contribution is 2.22. The molecule has 0 atom stereocenters. The Balaban J connectivity index is 2.32. The quantitative estimate of drug-likeness (QED) is 0.323. The molecule has 0 N–H and O–H groups in total. The van der Waals surface area contributed by atoms with Crippen LogP contribution in [0.4, 0.5) is 17.6 Å². The molecule has 0 saturated carbocycles. The number of nitrogens with zero attached hydrogens (tertiary/aromatic N) is 5. The average molecular weight is 373 g/mol. The van der Waals surface area contributed by atoms with Crippen molar-refractivity contribution in [2.24, 2.45) is 4.99 Å². The molecular weight excluding hydrogens is 358 g/mol. The third kappa shape index (κ3) is 4.85. The number of ether oxygens (including phenoxy) is 2. The molecule has 0 aliphatic heterocycles. The van der Waals surface area contributed by atoms with Gasteiger partial charge in [0.25, 0.3) is 0 Å². The first-order valence-electron chi connectivity index (χ1n) is 7.20. The van der Waals surface area contributed by atoms with E-state index in [0.717, 1.165) is 6.08 Å². The Morgan fingerprint density at radius 3 is 2.69 bits per heavy atom. The van der Waals surface area contributed by atoms with Gasteiger partial charge >= 0.3 is 6.18 Å². The van der Waals surface area contributed by atoms with Crippen LogP contribution in [0, 0.1) is 0 Å². The summed E-state index contributed by atoms with van der Waals surface area (Å²) in [4.78, 5) is 3.14. The molecule has 0 aromatic carbocycles. The molecule has 0 saturated heterocycles. The second kappa shape index (κ2) is 8.04. The molecule has 2 rings (SSSR count). The topological polar surface area (TPSA) is 73.9 Å². The van der Waals surface area contributed by atoms with Crippen LogP contribution in [-0.2, 0) is 16.1 Å². The first kappa shape index (κ1) is 19.5. The lowest BCUT2D eigenvalue weighted by molar-refractivity contribution is -0.165. The van der Waals surface area contributed by atoms with Crippen LogP contribution in [0.5, 0.6) is 0 Å². The van der Waals surface area contributed by atoms with Gasteiger partial charge in [-0.3, -0.25) is 0 Å². The van der Waals surface area contributed by atoms with Crippen molar-refractivity contribution in [1.82, 2.24) is 19.8 Å². The fourth-order valence-corrected chi connectivity index (χ4v) is 1.93. The summed E-state index contributed by atoms with van der Waals surface area (Å²) in [5.41, 5.74) is 1.13. The lowest BCUT2D eigenvalue weighted by Crippen LogP contribution is -2.16. The number of alkyl halides is 3. The van der Waals surface area contributed by atoms with Crippen LogP contribution in [0.15, 0.2) is 34.9 Å². The Kier molecular flexibility index (Phi) is 6.03. The van der Waals surface area contributed by atoms with Crippen molar-refractivity contribution in [3.05, 3.63) is 41.4 Å². The van der Waals surface area contributed by atoms with E-state index in [9.17, 15) is 17.6 Å². The minimum absolute atomic E-state index is 0.171. The Hall–Kier alpha value is -2.82. The Morgan fingerprint density at radius 1 is 1.35 bits per heavy atom. The molecule has 0 fully saturated rings. The molecule has 26 heavy (non-hydrogen) atoms. The number of hydrogen-bond acceptors (Lipinski definition) is 6. The average Bonchev–Trinajstić information content (AvgIpc) is 2.97. The molecule has 11 heteroatoms. The highest BCUT2D eigenvalue weighted by molar-refractivity contribution is 5.63. The maximum Gasteiger partial charge on any atom is 0.422 e. The van der Waals surface area contributed by atoms with Crippen LogP contribution in [0.3, 0.4) is 0 Å². The number of hydrogen-bond donors (Lipinski definition) is 0. The molecule has 0 bridgehead atoms. The van der Waals surface area contributed by atoms with Crippen LogP contribution < -0.4 is 0 Å². The van der Waals surface area contributed by atoms with E-state index in [1.54, 1.807) is 12.1 Å². The molecular formula is C15H15F4N5O2. The highest BCUT2D eigenvalue weighted by atomic mass is 19.4. The van der Waals surface area contributed by atoms with E-state index in [1.165, 1.54) is 18.5 Å². The summed E-state index contributed by atoms with van der Waals surface area (Å²) in [5, 5.41) is 12.1. The van der Waals surface area contributed by atoms with Gasteiger partial charge in [0, 0.05) is 7.11 Å². The van der Waals surface area contributed by atoms with Gasteiger partial charge in [-0.1, -0.05) is 0 Å². The maximum atomic E-state index is 14.1. The lowest BCUT2D eigenvalue weighted by atomic mass is 10.2. The van der Waals surface area contributed by atoms with E-state index in [4.69, 9.17) is 4.74 Å². The van der Waals surface area contributed by atoms with E-state index < -0.39 is 24.5 Å². The predicted molar refractivity (Wildman–Crippen MR) is 84.8 cm³/mol. The van der Waals surface area contributed by atoms with Crippen molar-refractivity contribution in [3.63, 3.8) is 0 Å². The van der Waals surface area contributed by atoms with Crippen LogP contribution >= 0.6 is 0 Å². The van der Waals surface area contributed by atoms with Crippen LogP contribution in [0.2, 0.25) is 0 Å². The molecule has 0 spiro atoms. The summed E-state index contributed by atoms with van der Waals surface area (Å²) < 4.78 is 61.4. The number of methoxy groups -OCH3 is 1. The summed E-state index contributed by atoms with van der Waals surface area (Å²) in [6.07, 6.45) is -3.66. The normalized spacial score (nSPS) is 13.7. The Bertz CT molecular complexity index is 857. The minimum atomic E-state index is -4.62. The zero-order valence-corrected chi connectivity index (χ0v) is 13.9. The molecule has 7 nitrogen and oxygen atoms in total. The zero-order chi connectivity index (χ0) is 19.3. The molecule has 0 aliphatic carbocycles. The fourth-order valence-electron chi connectivity index (χ4n) is 1.93. The van der Waals surface area contributed by atoms with Crippen LogP contribution in [0.1, 0.15) is 18.4 Å². The predicted octanol–water partition coefficient (Wildman–Crippen LogP) is 3.09. The lowest BCUT2D eigenvalue weighted by Gasteiger charge is -2.09. The standard InChI is InChI=1S/C15H15F4N5O2/c1-9(6-10(16)14(20-2)26-8-15(17,18)19)11-4-5-12-21-22-13(7-25-3)24(12)23-11/h4-6H,2,7-8H2,1,3H3/b9-6+,14-10-. The van der Waals surface area contributed by atoms with Gasteiger partial charge in [0.05, 0.1) is 5.69 Å². The molecule has 0 unspecified atom stereocenters. The Labute approximate surface area is 145 Å². The molecule has 0 radical (unpaired) electrons. The highest BCUT2D eigenvalue weighted by Gasteiger charge is 2.29. The number of aromatic nitrogens is 4. The van der Waals surface area contributed by atoms with Crippen molar-refractivity contribution in [1.29, 1.82) is 0 Å². The van der Waals surface area contributed by atoms with Crippen LogP contribution in [0.25, 0.3) is 11.2 Å². The molecule has 2 heterocycles. The van der Waals surface area contributed by atoms with E-state index in [2.05, 4.69) is 31.7 Å². The SMILES string of the molecule is C=N/C(OCC(F)(F)F)=C(F)\C=C(/C)c1ccc2nnc(COC)n2n1. The van der Waals surface area contributed by atoms with Crippen molar-refractivity contribution in [2.45, 2.75) is 19.7 Å². The van der Waals surface area contributed by atoms with Crippen molar-refractivity contribution in [3.8, 4) is 0 Å². The van der Waals surface area contributed by atoms with E-state index >= 15 is 0 Å². The monoisotopic (exact) mass is 373 g/mol. The van der Waals surface area contributed by atoms with Gasteiger partial charge in [-0.05, 0) is 37.4 Å². The third-order valence-electron chi connectivity index (χ3n) is 3.07. The number of rotatable bonds is 7. The van der Waals surface area contributed by atoms with Crippen LogP contribution in [-0.4, -0.2) is 46.4 Å².